The highest BCUT2D eigenvalue weighted by Gasteiger charge is 2.24. The molecule has 0 saturated heterocycles. The third-order valence-electron chi connectivity index (χ3n) is 4.29. The van der Waals surface area contributed by atoms with Crippen LogP contribution in [0.1, 0.15) is 20.8 Å². The summed E-state index contributed by atoms with van der Waals surface area (Å²) in [7, 11) is 0. The van der Waals surface area contributed by atoms with Crippen molar-refractivity contribution in [3.8, 4) is 22.6 Å². The van der Waals surface area contributed by atoms with Gasteiger partial charge >= 0.3 is 0 Å². The van der Waals surface area contributed by atoms with Crippen LogP contribution in [0, 0.1) is 23.4 Å². The molecule has 0 spiro atoms. The summed E-state index contributed by atoms with van der Waals surface area (Å²) in [5.41, 5.74) is -0.247. The molecule has 1 aromatic carbocycles. The summed E-state index contributed by atoms with van der Waals surface area (Å²) in [5, 5.41) is 10.6. The molecule has 0 fully saturated rings. The predicted octanol–water partition coefficient (Wildman–Crippen LogP) is 5.13. The average molecular weight is 408 g/mol. The van der Waals surface area contributed by atoms with Gasteiger partial charge in [0.25, 0.3) is 0 Å². The van der Waals surface area contributed by atoms with Gasteiger partial charge in [0.1, 0.15) is 34.1 Å². The number of halogens is 4. The Morgan fingerprint density at radius 1 is 1.00 bits per heavy atom. The van der Waals surface area contributed by atoms with Gasteiger partial charge in [-0.15, -0.1) is 5.10 Å². The molecule has 3 aromatic rings. The maximum atomic E-state index is 14.4. The lowest BCUT2D eigenvalue weighted by Gasteiger charge is -2.21. The van der Waals surface area contributed by atoms with E-state index in [0.29, 0.717) is 17.8 Å². The van der Waals surface area contributed by atoms with E-state index >= 15 is 0 Å². The van der Waals surface area contributed by atoms with E-state index in [1.807, 2.05) is 20.8 Å². The van der Waals surface area contributed by atoms with E-state index in [-0.39, 0.29) is 34.3 Å². The number of hydrogen-bond acceptors (Lipinski definition) is 5. The first kappa shape index (κ1) is 20.0. The lowest BCUT2D eigenvalue weighted by molar-refractivity contribution is 0.547. The van der Waals surface area contributed by atoms with Gasteiger partial charge in [0.05, 0.1) is 11.1 Å². The van der Waals surface area contributed by atoms with Crippen LogP contribution in [-0.4, -0.2) is 26.2 Å². The SMILES string of the molecule is CC(C)C(C)Nc1nc(-c2cccnn2)nc(Cl)c1-c1c(F)cc(F)cc1F. The van der Waals surface area contributed by atoms with Gasteiger partial charge in [-0.3, -0.25) is 0 Å². The molecule has 28 heavy (non-hydrogen) atoms. The van der Waals surface area contributed by atoms with Crippen molar-refractivity contribution in [3.63, 3.8) is 0 Å². The van der Waals surface area contributed by atoms with Gasteiger partial charge in [0.15, 0.2) is 5.82 Å². The molecule has 1 N–H and O–H groups in total. The minimum atomic E-state index is -1.10. The Morgan fingerprint density at radius 2 is 1.68 bits per heavy atom. The van der Waals surface area contributed by atoms with Crippen molar-refractivity contribution < 1.29 is 13.2 Å². The Bertz CT molecular complexity index is 975. The topological polar surface area (TPSA) is 63.6 Å². The van der Waals surface area contributed by atoms with Gasteiger partial charge in [-0.25, -0.2) is 23.1 Å². The standard InChI is InChI=1S/C19H17ClF3N5/c1-9(2)10(3)25-19-16(15-12(22)7-11(21)8-13(15)23)17(20)26-18(27-19)14-5-4-6-24-28-14/h4-10H,1-3H3,(H,25,26,27). The van der Waals surface area contributed by atoms with Gasteiger partial charge in [0.2, 0.25) is 0 Å². The quantitative estimate of drug-likeness (QED) is 0.594. The summed E-state index contributed by atoms with van der Waals surface area (Å²) < 4.78 is 42.2. The molecular formula is C19H17ClF3N5. The summed E-state index contributed by atoms with van der Waals surface area (Å²) in [6.07, 6.45) is 1.49. The van der Waals surface area contributed by atoms with Crippen LogP contribution < -0.4 is 5.32 Å². The Hall–Kier alpha value is -2.74. The second kappa shape index (κ2) is 8.10. The highest BCUT2D eigenvalue weighted by atomic mass is 35.5. The number of benzene rings is 1. The molecule has 0 aliphatic rings. The summed E-state index contributed by atoms with van der Waals surface area (Å²) >= 11 is 6.30. The third kappa shape index (κ3) is 4.06. The number of nitrogens with one attached hydrogen (secondary N) is 1. The summed E-state index contributed by atoms with van der Waals surface area (Å²) in [5.74, 6) is -2.79. The molecule has 0 radical (unpaired) electrons. The number of rotatable bonds is 5. The van der Waals surface area contributed by atoms with Gasteiger partial charge < -0.3 is 5.32 Å². The Morgan fingerprint density at radius 3 is 2.25 bits per heavy atom. The van der Waals surface area contributed by atoms with Gasteiger partial charge in [-0.2, -0.15) is 5.10 Å². The number of hydrogen-bond donors (Lipinski definition) is 1. The Labute approximate surface area is 165 Å². The van der Waals surface area contributed by atoms with Crippen molar-refractivity contribution in [2.24, 2.45) is 5.92 Å². The van der Waals surface area contributed by atoms with Crippen molar-refractivity contribution in [2.75, 3.05) is 5.32 Å². The highest BCUT2D eigenvalue weighted by Crippen LogP contribution is 2.38. The molecule has 146 valence electrons. The van der Waals surface area contributed by atoms with Crippen LogP contribution in [0.4, 0.5) is 19.0 Å². The van der Waals surface area contributed by atoms with Crippen molar-refractivity contribution in [3.05, 3.63) is 53.1 Å². The lowest BCUT2D eigenvalue weighted by Crippen LogP contribution is -2.23. The molecule has 0 bridgehead atoms. The lowest BCUT2D eigenvalue weighted by atomic mass is 10.0. The van der Waals surface area contributed by atoms with Gasteiger partial charge in [-0.05, 0) is 25.0 Å². The fourth-order valence-corrected chi connectivity index (χ4v) is 2.72. The molecule has 9 heteroatoms. The predicted molar refractivity (Wildman–Crippen MR) is 101 cm³/mol. The summed E-state index contributed by atoms with van der Waals surface area (Å²) in [6, 6.07) is 4.34. The normalized spacial score (nSPS) is 12.3. The smallest absolute Gasteiger partial charge is 0.183 e. The maximum absolute atomic E-state index is 14.4. The van der Waals surface area contributed by atoms with Gasteiger partial charge in [0, 0.05) is 24.4 Å². The molecule has 0 amide bonds. The Kier molecular flexibility index (Phi) is 5.79. The third-order valence-corrected chi connectivity index (χ3v) is 4.56. The molecule has 5 nitrogen and oxygen atoms in total. The average Bonchev–Trinajstić information content (AvgIpc) is 2.63. The molecule has 0 saturated carbocycles. The van der Waals surface area contributed by atoms with Crippen LogP contribution in [0.5, 0.6) is 0 Å². The van der Waals surface area contributed by atoms with Crippen LogP contribution in [0.25, 0.3) is 22.6 Å². The van der Waals surface area contributed by atoms with E-state index < -0.39 is 23.0 Å². The zero-order valence-corrected chi connectivity index (χ0v) is 16.1. The van der Waals surface area contributed by atoms with E-state index in [2.05, 4.69) is 25.5 Å². The summed E-state index contributed by atoms with van der Waals surface area (Å²) in [4.78, 5) is 8.49. The van der Waals surface area contributed by atoms with E-state index in [0.717, 1.165) is 0 Å². The van der Waals surface area contributed by atoms with Crippen LogP contribution >= 0.6 is 11.6 Å². The van der Waals surface area contributed by atoms with Crippen LogP contribution in [0.15, 0.2) is 30.5 Å². The molecule has 0 aliphatic heterocycles. The molecule has 2 aromatic heterocycles. The van der Waals surface area contributed by atoms with E-state index in [4.69, 9.17) is 11.6 Å². The summed E-state index contributed by atoms with van der Waals surface area (Å²) in [6.45, 7) is 5.84. The van der Waals surface area contributed by atoms with E-state index in [1.165, 1.54) is 6.20 Å². The molecule has 0 aliphatic carbocycles. The van der Waals surface area contributed by atoms with Crippen LogP contribution in [-0.2, 0) is 0 Å². The molecular weight excluding hydrogens is 391 g/mol. The van der Waals surface area contributed by atoms with Crippen molar-refractivity contribution in [1.29, 1.82) is 0 Å². The highest BCUT2D eigenvalue weighted by molar-refractivity contribution is 6.32. The second-order valence-electron chi connectivity index (χ2n) is 6.59. The number of anilines is 1. The molecule has 3 rings (SSSR count). The minimum Gasteiger partial charge on any atom is -0.367 e. The fraction of sp³-hybridized carbons (Fsp3) is 0.263. The van der Waals surface area contributed by atoms with E-state index in [1.54, 1.807) is 12.1 Å². The van der Waals surface area contributed by atoms with Crippen molar-refractivity contribution in [1.82, 2.24) is 20.2 Å². The van der Waals surface area contributed by atoms with Gasteiger partial charge in [-0.1, -0.05) is 25.4 Å². The zero-order valence-electron chi connectivity index (χ0n) is 15.3. The monoisotopic (exact) mass is 407 g/mol. The van der Waals surface area contributed by atoms with Crippen molar-refractivity contribution in [2.45, 2.75) is 26.8 Å². The first-order valence-electron chi connectivity index (χ1n) is 8.55. The van der Waals surface area contributed by atoms with E-state index in [9.17, 15) is 13.2 Å². The molecule has 2 heterocycles. The second-order valence-corrected chi connectivity index (χ2v) is 6.95. The van der Waals surface area contributed by atoms with Crippen molar-refractivity contribution >= 4 is 17.4 Å². The first-order chi connectivity index (χ1) is 13.3. The van der Waals surface area contributed by atoms with Crippen LogP contribution in [0.3, 0.4) is 0 Å². The number of aromatic nitrogens is 4. The Balaban J connectivity index is 2.24. The number of nitrogens with zero attached hydrogens (tertiary/aromatic N) is 4. The fourth-order valence-electron chi connectivity index (χ4n) is 2.46. The molecule has 1 unspecified atom stereocenters. The largest absolute Gasteiger partial charge is 0.367 e. The first-order valence-corrected chi connectivity index (χ1v) is 8.92. The molecule has 1 atom stereocenters. The minimum absolute atomic E-state index is 0.0863. The van der Waals surface area contributed by atoms with Crippen LogP contribution in [0.2, 0.25) is 5.15 Å². The zero-order chi connectivity index (χ0) is 20.4. The maximum Gasteiger partial charge on any atom is 0.183 e.